The van der Waals surface area contributed by atoms with E-state index in [0.717, 1.165) is 12.8 Å². The Labute approximate surface area is 141 Å². The second-order valence-electron chi connectivity index (χ2n) is 6.02. The molecule has 1 saturated heterocycles. The number of carbonyl (C=O) groups is 1. The number of furan rings is 1. The SMILES string of the molecule is CN(Cc1ccco1)C(=O)c1cc(S(=O)(=O)N2CCCC2)cn1C. The highest BCUT2D eigenvalue weighted by Gasteiger charge is 2.30. The van der Waals surface area contributed by atoms with Gasteiger partial charge in [0.25, 0.3) is 5.91 Å². The zero-order valence-corrected chi connectivity index (χ0v) is 14.6. The molecule has 1 amide bonds. The fraction of sp³-hybridized carbons (Fsp3) is 0.438. The fourth-order valence-electron chi connectivity index (χ4n) is 2.87. The summed E-state index contributed by atoms with van der Waals surface area (Å²) in [6.45, 7) is 1.41. The van der Waals surface area contributed by atoms with Crippen LogP contribution in [0.4, 0.5) is 0 Å². The molecule has 1 aliphatic rings. The van der Waals surface area contributed by atoms with Crippen molar-refractivity contribution in [3.8, 4) is 0 Å². The van der Waals surface area contributed by atoms with E-state index in [2.05, 4.69) is 0 Å². The van der Waals surface area contributed by atoms with Crippen LogP contribution in [0.3, 0.4) is 0 Å². The van der Waals surface area contributed by atoms with Crippen LogP contribution in [0.2, 0.25) is 0 Å². The first-order valence-corrected chi connectivity index (χ1v) is 9.28. The van der Waals surface area contributed by atoms with Gasteiger partial charge in [-0.3, -0.25) is 4.79 Å². The predicted octanol–water partition coefficient (Wildman–Crippen LogP) is 1.67. The molecule has 3 rings (SSSR count). The Kier molecular flexibility index (Phi) is 4.51. The van der Waals surface area contributed by atoms with Crippen LogP contribution >= 0.6 is 0 Å². The molecule has 1 fully saturated rings. The summed E-state index contributed by atoms with van der Waals surface area (Å²) in [6, 6.07) is 5.00. The van der Waals surface area contributed by atoms with Crippen molar-refractivity contribution < 1.29 is 17.6 Å². The quantitative estimate of drug-likeness (QED) is 0.821. The lowest BCUT2D eigenvalue weighted by Gasteiger charge is -2.16. The molecule has 0 saturated carbocycles. The maximum atomic E-state index is 12.6. The summed E-state index contributed by atoms with van der Waals surface area (Å²) in [7, 11) is -0.190. The maximum absolute atomic E-state index is 12.6. The minimum atomic E-state index is -3.53. The molecule has 0 spiro atoms. The van der Waals surface area contributed by atoms with Crippen molar-refractivity contribution in [3.63, 3.8) is 0 Å². The van der Waals surface area contributed by atoms with E-state index in [1.54, 1.807) is 37.1 Å². The molecule has 0 bridgehead atoms. The van der Waals surface area contributed by atoms with E-state index in [0.29, 0.717) is 31.1 Å². The molecular formula is C16H21N3O4S. The number of aryl methyl sites for hydroxylation is 1. The van der Waals surface area contributed by atoms with Gasteiger partial charge in [-0.25, -0.2) is 8.42 Å². The number of amides is 1. The highest BCUT2D eigenvalue weighted by molar-refractivity contribution is 7.89. The van der Waals surface area contributed by atoms with Crippen LogP contribution in [0.15, 0.2) is 40.0 Å². The third-order valence-electron chi connectivity index (χ3n) is 4.22. The van der Waals surface area contributed by atoms with Crippen molar-refractivity contribution in [1.82, 2.24) is 13.8 Å². The molecule has 0 aliphatic carbocycles. The summed E-state index contributed by atoms with van der Waals surface area (Å²) in [5, 5.41) is 0. The van der Waals surface area contributed by atoms with Gasteiger partial charge in [0.2, 0.25) is 10.0 Å². The first-order chi connectivity index (χ1) is 11.4. The lowest BCUT2D eigenvalue weighted by Crippen LogP contribution is -2.28. The minimum absolute atomic E-state index is 0.168. The molecule has 0 atom stereocenters. The van der Waals surface area contributed by atoms with Gasteiger partial charge in [0.1, 0.15) is 16.3 Å². The normalized spacial score (nSPS) is 15.8. The summed E-state index contributed by atoms with van der Waals surface area (Å²) < 4.78 is 33.5. The van der Waals surface area contributed by atoms with Crippen molar-refractivity contribution in [2.24, 2.45) is 7.05 Å². The predicted molar refractivity (Wildman–Crippen MR) is 87.9 cm³/mol. The van der Waals surface area contributed by atoms with Crippen LogP contribution in [0, 0.1) is 0 Å². The van der Waals surface area contributed by atoms with E-state index in [9.17, 15) is 13.2 Å². The molecule has 24 heavy (non-hydrogen) atoms. The summed E-state index contributed by atoms with van der Waals surface area (Å²) in [4.78, 5) is 14.3. The zero-order chi connectivity index (χ0) is 17.3. The first-order valence-electron chi connectivity index (χ1n) is 7.84. The minimum Gasteiger partial charge on any atom is -0.467 e. The second kappa shape index (κ2) is 6.45. The lowest BCUT2D eigenvalue weighted by atomic mass is 10.3. The lowest BCUT2D eigenvalue weighted by molar-refractivity contribution is 0.0766. The van der Waals surface area contributed by atoms with E-state index in [4.69, 9.17) is 4.42 Å². The van der Waals surface area contributed by atoms with Gasteiger partial charge in [0.05, 0.1) is 12.8 Å². The first kappa shape index (κ1) is 16.8. The molecule has 0 N–H and O–H groups in total. The highest BCUT2D eigenvalue weighted by Crippen LogP contribution is 2.23. The van der Waals surface area contributed by atoms with Crippen LogP contribution in [0.1, 0.15) is 29.1 Å². The monoisotopic (exact) mass is 351 g/mol. The molecule has 2 aromatic rings. The largest absolute Gasteiger partial charge is 0.467 e. The van der Waals surface area contributed by atoms with Gasteiger partial charge in [0.15, 0.2) is 0 Å². The van der Waals surface area contributed by atoms with Gasteiger partial charge in [-0.2, -0.15) is 4.31 Å². The van der Waals surface area contributed by atoms with E-state index in [-0.39, 0.29) is 10.8 Å². The van der Waals surface area contributed by atoms with E-state index in [1.165, 1.54) is 21.5 Å². The van der Waals surface area contributed by atoms with Crippen LogP contribution < -0.4 is 0 Å². The highest BCUT2D eigenvalue weighted by atomic mass is 32.2. The standard InChI is InChI=1S/C16H21N3O4S/c1-17-12-14(24(21,22)19-7-3-4-8-19)10-15(17)16(20)18(2)11-13-6-5-9-23-13/h5-6,9-10,12H,3-4,7-8,11H2,1-2H3. The van der Waals surface area contributed by atoms with Gasteiger partial charge < -0.3 is 13.9 Å². The molecule has 3 heterocycles. The van der Waals surface area contributed by atoms with E-state index in [1.807, 2.05) is 0 Å². The number of aromatic nitrogens is 1. The van der Waals surface area contributed by atoms with Crippen LogP contribution in [0.5, 0.6) is 0 Å². The van der Waals surface area contributed by atoms with Crippen LogP contribution in [-0.2, 0) is 23.6 Å². The molecule has 0 unspecified atom stereocenters. The average Bonchev–Trinajstić information content (AvgIpc) is 3.28. The van der Waals surface area contributed by atoms with Crippen LogP contribution in [0.25, 0.3) is 0 Å². The Balaban J connectivity index is 1.82. The topological polar surface area (TPSA) is 75.8 Å². The number of hydrogen-bond acceptors (Lipinski definition) is 4. The van der Waals surface area contributed by atoms with Gasteiger partial charge in [-0.1, -0.05) is 0 Å². The third kappa shape index (κ3) is 3.11. The van der Waals surface area contributed by atoms with Crippen molar-refractivity contribution in [3.05, 3.63) is 42.1 Å². The van der Waals surface area contributed by atoms with E-state index < -0.39 is 10.0 Å². The Hall–Kier alpha value is -2.06. The molecule has 130 valence electrons. The Morgan fingerprint density at radius 2 is 2.04 bits per heavy atom. The van der Waals surface area contributed by atoms with E-state index >= 15 is 0 Å². The summed E-state index contributed by atoms with van der Waals surface area (Å²) >= 11 is 0. The number of sulfonamides is 1. The van der Waals surface area contributed by atoms with Crippen molar-refractivity contribution >= 4 is 15.9 Å². The van der Waals surface area contributed by atoms with Gasteiger partial charge in [0, 0.05) is 33.4 Å². The molecule has 8 heteroatoms. The number of rotatable bonds is 5. The smallest absolute Gasteiger partial charge is 0.270 e. The Morgan fingerprint density at radius 1 is 1.33 bits per heavy atom. The molecular weight excluding hydrogens is 330 g/mol. The second-order valence-corrected chi connectivity index (χ2v) is 7.96. The molecule has 0 radical (unpaired) electrons. The molecule has 0 aromatic carbocycles. The Morgan fingerprint density at radius 3 is 2.67 bits per heavy atom. The van der Waals surface area contributed by atoms with Crippen LogP contribution in [-0.4, -0.2) is 48.2 Å². The van der Waals surface area contributed by atoms with Crippen molar-refractivity contribution in [1.29, 1.82) is 0 Å². The molecule has 7 nitrogen and oxygen atoms in total. The van der Waals surface area contributed by atoms with Crippen molar-refractivity contribution in [2.75, 3.05) is 20.1 Å². The fourth-order valence-corrected chi connectivity index (χ4v) is 4.46. The summed E-state index contributed by atoms with van der Waals surface area (Å²) in [5.41, 5.74) is 0.335. The summed E-state index contributed by atoms with van der Waals surface area (Å²) in [6.07, 6.45) is 4.81. The third-order valence-corrected chi connectivity index (χ3v) is 6.09. The zero-order valence-electron chi connectivity index (χ0n) is 13.8. The number of hydrogen-bond donors (Lipinski definition) is 0. The average molecular weight is 351 g/mol. The Bertz CT molecular complexity index is 818. The summed E-state index contributed by atoms with van der Waals surface area (Å²) in [5.74, 6) is 0.418. The van der Waals surface area contributed by atoms with Crippen molar-refractivity contribution in [2.45, 2.75) is 24.3 Å². The maximum Gasteiger partial charge on any atom is 0.270 e. The number of nitrogens with zero attached hydrogens (tertiary/aromatic N) is 3. The van der Waals surface area contributed by atoms with Gasteiger partial charge in [-0.05, 0) is 31.0 Å². The van der Waals surface area contributed by atoms with Gasteiger partial charge >= 0.3 is 0 Å². The van der Waals surface area contributed by atoms with Gasteiger partial charge in [-0.15, -0.1) is 0 Å². The molecule has 1 aliphatic heterocycles. The molecule has 2 aromatic heterocycles. The number of carbonyl (C=O) groups excluding carboxylic acids is 1.